The van der Waals surface area contributed by atoms with Crippen LogP contribution in [-0.4, -0.2) is 22.7 Å². The summed E-state index contributed by atoms with van der Waals surface area (Å²) >= 11 is 0. The highest BCUT2D eigenvalue weighted by atomic mass is 16.5. The Morgan fingerprint density at radius 2 is 1.69 bits per heavy atom. The number of nitrogens with one attached hydrogen (secondary N) is 1. The topological polar surface area (TPSA) is 107 Å². The molecule has 196 valence electrons. The van der Waals surface area contributed by atoms with Crippen LogP contribution in [0.4, 0.5) is 0 Å². The predicted molar refractivity (Wildman–Crippen MR) is 134 cm³/mol. The lowest BCUT2D eigenvalue weighted by Gasteiger charge is -2.71. The first-order chi connectivity index (χ1) is 16.7. The van der Waals surface area contributed by atoms with E-state index in [-0.39, 0.29) is 68.9 Å². The van der Waals surface area contributed by atoms with Crippen LogP contribution in [0, 0.1) is 68.0 Å². The molecule has 4 fully saturated rings. The van der Waals surface area contributed by atoms with Crippen LogP contribution in [0.25, 0.3) is 0 Å². The summed E-state index contributed by atoms with van der Waals surface area (Å²) in [7, 11) is 0. The SMILES string of the molecule is C[C@@H]1C(=O)C(C#N)=C[C@]2(C)[C@H]3CC(=O)C4[C@H]5CC(C)(C)CC[C@]5(C(=O)NO)CC[C@@]4(C)[C@]3(C)CC[C@@H]12. The third-order valence-electron chi connectivity index (χ3n) is 12.7. The van der Waals surface area contributed by atoms with Gasteiger partial charge in [0.05, 0.1) is 11.0 Å². The molecule has 1 unspecified atom stereocenters. The molecular weight excluding hydrogens is 452 g/mol. The van der Waals surface area contributed by atoms with Gasteiger partial charge in [0.15, 0.2) is 5.78 Å². The lowest BCUT2D eigenvalue weighted by atomic mass is 9.32. The van der Waals surface area contributed by atoms with Gasteiger partial charge < -0.3 is 0 Å². The van der Waals surface area contributed by atoms with Crippen molar-refractivity contribution in [2.75, 3.05) is 0 Å². The van der Waals surface area contributed by atoms with E-state index in [9.17, 15) is 24.9 Å². The smallest absolute Gasteiger partial charge is 0.249 e. The van der Waals surface area contributed by atoms with E-state index in [1.54, 1.807) is 0 Å². The molecule has 5 aliphatic rings. The maximum Gasteiger partial charge on any atom is 0.249 e. The molecule has 0 radical (unpaired) electrons. The van der Waals surface area contributed by atoms with Gasteiger partial charge in [-0.2, -0.15) is 5.26 Å². The molecule has 2 N–H and O–H groups in total. The van der Waals surface area contributed by atoms with Crippen molar-refractivity contribution < 1.29 is 19.6 Å². The van der Waals surface area contributed by atoms with Gasteiger partial charge in [0, 0.05) is 18.3 Å². The molecule has 6 heteroatoms. The van der Waals surface area contributed by atoms with E-state index in [4.69, 9.17) is 0 Å². The first kappa shape index (κ1) is 25.6. The molecule has 36 heavy (non-hydrogen) atoms. The minimum absolute atomic E-state index is 0.0351. The lowest BCUT2D eigenvalue weighted by Crippen LogP contribution is -2.69. The fraction of sp³-hybridized carbons (Fsp3) is 0.800. The van der Waals surface area contributed by atoms with E-state index in [1.165, 1.54) is 0 Å². The average molecular weight is 495 g/mol. The number of fused-ring (bicyclic) bond motifs is 7. The average Bonchev–Trinajstić information content (AvgIpc) is 2.82. The predicted octanol–water partition coefficient (Wildman–Crippen LogP) is 5.40. The second-order valence-electron chi connectivity index (χ2n) is 14.4. The zero-order chi connectivity index (χ0) is 26.5. The molecule has 5 rings (SSSR count). The Balaban J connectivity index is 1.63. The van der Waals surface area contributed by atoms with Gasteiger partial charge in [-0.25, -0.2) is 5.48 Å². The van der Waals surface area contributed by atoms with E-state index < -0.39 is 10.8 Å². The summed E-state index contributed by atoms with van der Waals surface area (Å²) in [6.07, 6.45) is 8.05. The van der Waals surface area contributed by atoms with Crippen molar-refractivity contribution in [3.8, 4) is 6.07 Å². The van der Waals surface area contributed by atoms with Crippen molar-refractivity contribution in [2.45, 2.75) is 92.9 Å². The molecule has 0 spiro atoms. The molecule has 5 aliphatic carbocycles. The molecule has 0 bridgehead atoms. The van der Waals surface area contributed by atoms with E-state index in [2.05, 4.69) is 40.7 Å². The number of allylic oxidation sites excluding steroid dienone is 2. The van der Waals surface area contributed by atoms with E-state index in [1.807, 2.05) is 18.5 Å². The van der Waals surface area contributed by atoms with Gasteiger partial charge in [0.1, 0.15) is 11.9 Å². The van der Waals surface area contributed by atoms with Gasteiger partial charge in [0.25, 0.3) is 0 Å². The maximum absolute atomic E-state index is 14.3. The van der Waals surface area contributed by atoms with Crippen molar-refractivity contribution in [3.05, 3.63) is 11.6 Å². The van der Waals surface area contributed by atoms with Crippen molar-refractivity contribution in [2.24, 2.45) is 56.7 Å². The normalized spacial score (nSPS) is 49.4. The molecule has 0 saturated heterocycles. The fourth-order valence-corrected chi connectivity index (χ4v) is 10.4. The number of ketones is 2. The van der Waals surface area contributed by atoms with Crippen LogP contribution < -0.4 is 5.48 Å². The summed E-state index contributed by atoms with van der Waals surface area (Å²) in [5.74, 6) is -0.510. The van der Waals surface area contributed by atoms with Crippen LogP contribution in [0.1, 0.15) is 92.9 Å². The van der Waals surface area contributed by atoms with Gasteiger partial charge in [-0.05, 0) is 84.4 Å². The quantitative estimate of drug-likeness (QED) is 0.375. The third kappa shape index (κ3) is 3.01. The number of hydrogen-bond acceptors (Lipinski definition) is 5. The number of Topliss-reactive ketones (excluding diaryl/α,β-unsaturated/α-hetero) is 2. The molecule has 6 nitrogen and oxygen atoms in total. The summed E-state index contributed by atoms with van der Waals surface area (Å²) < 4.78 is 0. The highest BCUT2D eigenvalue weighted by molar-refractivity contribution is 6.02. The Morgan fingerprint density at radius 3 is 2.33 bits per heavy atom. The van der Waals surface area contributed by atoms with Gasteiger partial charge in [0.2, 0.25) is 5.91 Å². The van der Waals surface area contributed by atoms with Gasteiger partial charge in [-0.1, -0.05) is 47.6 Å². The number of hydrogen-bond donors (Lipinski definition) is 2. The lowest BCUT2D eigenvalue weighted by molar-refractivity contribution is -0.220. The van der Waals surface area contributed by atoms with Crippen LogP contribution in [0.5, 0.6) is 0 Å². The second-order valence-corrected chi connectivity index (χ2v) is 14.4. The number of nitrogens with zero attached hydrogens (tertiary/aromatic N) is 1. The molecule has 0 aliphatic heterocycles. The first-order valence-corrected chi connectivity index (χ1v) is 13.9. The summed E-state index contributed by atoms with van der Waals surface area (Å²) in [6, 6.07) is 2.16. The van der Waals surface area contributed by atoms with Crippen molar-refractivity contribution in [1.82, 2.24) is 5.48 Å². The van der Waals surface area contributed by atoms with Gasteiger partial charge in [-0.3, -0.25) is 19.6 Å². The maximum atomic E-state index is 14.3. The Labute approximate surface area is 215 Å². The van der Waals surface area contributed by atoms with Gasteiger partial charge >= 0.3 is 0 Å². The third-order valence-corrected chi connectivity index (χ3v) is 12.7. The summed E-state index contributed by atoms with van der Waals surface area (Å²) in [6.45, 7) is 13.3. The van der Waals surface area contributed by atoms with Crippen LogP contribution in [0.15, 0.2) is 11.6 Å². The van der Waals surface area contributed by atoms with Gasteiger partial charge in [-0.15, -0.1) is 0 Å². The molecule has 0 aromatic carbocycles. The Hall–Kier alpha value is -2.00. The summed E-state index contributed by atoms with van der Waals surface area (Å²) in [5, 5.41) is 19.5. The highest BCUT2D eigenvalue weighted by Gasteiger charge is 2.72. The molecule has 0 heterocycles. The molecule has 4 saturated carbocycles. The minimum Gasteiger partial charge on any atom is -0.299 e. The van der Waals surface area contributed by atoms with E-state index in [0.29, 0.717) is 19.3 Å². The second kappa shape index (κ2) is 7.76. The van der Waals surface area contributed by atoms with Crippen molar-refractivity contribution >= 4 is 17.5 Å². The van der Waals surface area contributed by atoms with E-state index >= 15 is 0 Å². The first-order valence-electron chi connectivity index (χ1n) is 13.9. The molecule has 1 amide bonds. The Kier molecular flexibility index (Phi) is 5.53. The number of amides is 1. The molecule has 0 aromatic heterocycles. The van der Waals surface area contributed by atoms with Crippen molar-refractivity contribution in [3.63, 3.8) is 0 Å². The Bertz CT molecular complexity index is 1100. The molecular formula is C30H42N2O4. The van der Waals surface area contributed by atoms with Crippen LogP contribution >= 0.6 is 0 Å². The number of carbonyl (C=O) groups excluding carboxylic acids is 3. The largest absolute Gasteiger partial charge is 0.299 e. The number of hydroxylamine groups is 1. The zero-order valence-electron chi connectivity index (χ0n) is 22.7. The van der Waals surface area contributed by atoms with E-state index in [0.717, 1.165) is 32.1 Å². The molecule has 9 atom stereocenters. The highest BCUT2D eigenvalue weighted by Crippen LogP contribution is 2.75. The summed E-state index contributed by atoms with van der Waals surface area (Å²) in [5.41, 5.74) is 0.736. The number of rotatable bonds is 1. The standard InChI is InChI=1S/C30H42N2O4/c1-17-19-7-8-28(5)22(27(19,4)14-18(16-31)24(17)34)13-21(33)23-20-15-26(2,3)9-11-30(20,25(35)32-36)12-10-29(23,28)6/h14,17,19-20,22-23,36H,7-13,15H2,1-6H3,(H,32,35)/t17-,19-,20+,22+,23?,27-,28+,29+,30-/m0/s1. The zero-order valence-corrected chi connectivity index (χ0v) is 22.7. The fourth-order valence-electron chi connectivity index (χ4n) is 10.4. The number of carbonyl (C=O) groups is 3. The monoisotopic (exact) mass is 494 g/mol. The van der Waals surface area contributed by atoms with Crippen LogP contribution in [0.2, 0.25) is 0 Å². The molecule has 0 aromatic rings. The van der Waals surface area contributed by atoms with Crippen LogP contribution in [0.3, 0.4) is 0 Å². The Morgan fingerprint density at radius 1 is 1.03 bits per heavy atom. The van der Waals surface area contributed by atoms with Crippen LogP contribution in [-0.2, 0) is 14.4 Å². The summed E-state index contributed by atoms with van der Waals surface area (Å²) in [4.78, 5) is 40.4. The number of nitriles is 1. The minimum atomic E-state index is -0.700. The van der Waals surface area contributed by atoms with Crippen molar-refractivity contribution in [1.29, 1.82) is 5.26 Å².